The second-order valence-electron chi connectivity index (χ2n) is 4.46. The molecule has 0 radical (unpaired) electrons. The number of hydrogen-bond donors (Lipinski definition) is 1. The van der Waals surface area contributed by atoms with Gasteiger partial charge in [0.25, 0.3) is 0 Å². The van der Waals surface area contributed by atoms with Crippen molar-refractivity contribution in [3.8, 4) is 11.3 Å². The summed E-state index contributed by atoms with van der Waals surface area (Å²) in [6, 6.07) is 8.95. The van der Waals surface area contributed by atoms with Crippen LogP contribution in [0, 0.1) is 0 Å². The number of carbonyl (C=O) groups excluding carboxylic acids is 2. The molecule has 2 aromatic rings. The maximum absolute atomic E-state index is 11.7. The molecule has 0 fully saturated rings. The molecule has 0 aliphatic carbocycles. The number of carbonyl (C=O) groups is 2. The first kappa shape index (κ1) is 16.4. The molecule has 2 rings (SSSR count). The van der Waals surface area contributed by atoms with Crippen LogP contribution < -0.4 is 10.4 Å². The van der Waals surface area contributed by atoms with E-state index in [-0.39, 0.29) is 17.4 Å². The highest BCUT2D eigenvalue weighted by atomic mass is 35.5. The molecule has 0 unspecified atom stereocenters. The molecule has 1 amide bonds. The van der Waals surface area contributed by atoms with Crippen molar-refractivity contribution in [3.05, 3.63) is 35.4 Å². The Balaban J connectivity index is 2.02. The maximum Gasteiger partial charge on any atom is 0.235 e. The Morgan fingerprint density at radius 1 is 1.32 bits per heavy atom. The largest absolute Gasteiger partial charge is 0.549 e. The normalized spacial score (nSPS) is 10.5. The first-order valence-electron chi connectivity index (χ1n) is 6.33. The summed E-state index contributed by atoms with van der Waals surface area (Å²) in [7, 11) is 1.71. The molecular formula is C14H13ClN3O3S-. The van der Waals surface area contributed by atoms with E-state index in [0.29, 0.717) is 16.5 Å². The number of rotatable bonds is 6. The van der Waals surface area contributed by atoms with E-state index in [9.17, 15) is 14.7 Å². The number of thioether (sulfide) groups is 1. The van der Waals surface area contributed by atoms with Gasteiger partial charge in [0, 0.05) is 29.5 Å². The van der Waals surface area contributed by atoms with Crippen LogP contribution in [0.15, 0.2) is 30.3 Å². The van der Waals surface area contributed by atoms with E-state index < -0.39 is 5.97 Å². The molecule has 6 nitrogen and oxygen atoms in total. The monoisotopic (exact) mass is 338 g/mol. The second kappa shape index (κ2) is 7.33. The molecular weight excluding hydrogens is 326 g/mol. The minimum absolute atomic E-state index is 0.0371. The second-order valence-corrected chi connectivity index (χ2v) is 5.88. The van der Waals surface area contributed by atoms with Gasteiger partial charge in [0.05, 0.1) is 17.4 Å². The number of aromatic nitrogens is 2. The summed E-state index contributed by atoms with van der Waals surface area (Å²) in [5.41, 5.74) is 1.59. The number of anilines is 1. The minimum atomic E-state index is -1.19. The summed E-state index contributed by atoms with van der Waals surface area (Å²) in [6.45, 7) is 0. The van der Waals surface area contributed by atoms with Crippen molar-refractivity contribution in [2.75, 3.05) is 16.8 Å². The summed E-state index contributed by atoms with van der Waals surface area (Å²) >= 11 is 6.82. The molecule has 22 heavy (non-hydrogen) atoms. The van der Waals surface area contributed by atoms with Gasteiger partial charge in [0.2, 0.25) is 5.91 Å². The van der Waals surface area contributed by atoms with Gasteiger partial charge in [-0.1, -0.05) is 23.7 Å². The molecule has 0 atom stereocenters. The van der Waals surface area contributed by atoms with Gasteiger partial charge < -0.3 is 15.2 Å². The summed E-state index contributed by atoms with van der Waals surface area (Å²) in [6.07, 6.45) is 0. The number of aryl methyl sites for hydroxylation is 1. The lowest BCUT2D eigenvalue weighted by molar-refractivity contribution is -0.301. The molecule has 1 heterocycles. The third-order valence-corrected chi connectivity index (χ3v) is 3.90. The highest BCUT2D eigenvalue weighted by molar-refractivity contribution is 8.00. The fraction of sp³-hybridized carbons (Fsp3) is 0.214. The summed E-state index contributed by atoms with van der Waals surface area (Å²) < 4.78 is 1.55. The molecule has 8 heteroatoms. The van der Waals surface area contributed by atoms with E-state index in [2.05, 4.69) is 10.4 Å². The van der Waals surface area contributed by atoms with Crippen LogP contribution in [0.3, 0.4) is 0 Å². The number of amides is 1. The van der Waals surface area contributed by atoms with E-state index in [1.807, 2.05) is 12.1 Å². The van der Waals surface area contributed by atoms with E-state index >= 15 is 0 Å². The Bertz CT molecular complexity index is 685. The molecule has 0 spiro atoms. The van der Waals surface area contributed by atoms with Crippen LogP contribution in [-0.4, -0.2) is 33.2 Å². The first-order valence-corrected chi connectivity index (χ1v) is 7.86. The third kappa shape index (κ3) is 4.51. The van der Waals surface area contributed by atoms with E-state index in [1.54, 1.807) is 29.9 Å². The van der Waals surface area contributed by atoms with Crippen molar-refractivity contribution in [3.63, 3.8) is 0 Å². The average Bonchev–Trinajstić information content (AvgIpc) is 2.80. The van der Waals surface area contributed by atoms with Gasteiger partial charge in [0.1, 0.15) is 5.82 Å². The third-order valence-electron chi connectivity index (χ3n) is 2.74. The Hall–Kier alpha value is -1.99. The first-order chi connectivity index (χ1) is 10.5. The molecule has 116 valence electrons. The number of halogens is 1. The molecule has 0 saturated carbocycles. The number of aliphatic carboxylic acids is 1. The molecule has 0 aliphatic heterocycles. The minimum Gasteiger partial charge on any atom is -0.549 e. The van der Waals surface area contributed by atoms with Crippen LogP contribution in [-0.2, 0) is 16.6 Å². The predicted octanol–water partition coefficient (Wildman–Crippen LogP) is 1.16. The quantitative estimate of drug-likeness (QED) is 0.854. The van der Waals surface area contributed by atoms with Crippen molar-refractivity contribution < 1.29 is 14.7 Å². The van der Waals surface area contributed by atoms with Gasteiger partial charge in [-0.3, -0.25) is 9.48 Å². The zero-order valence-corrected chi connectivity index (χ0v) is 13.3. The Morgan fingerprint density at radius 2 is 2.00 bits per heavy atom. The molecule has 0 saturated heterocycles. The van der Waals surface area contributed by atoms with Crippen molar-refractivity contribution in [1.82, 2.24) is 9.78 Å². The summed E-state index contributed by atoms with van der Waals surface area (Å²) in [5.74, 6) is -1.13. The number of nitrogens with zero attached hydrogens (tertiary/aromatic N) is 2. The highest BCUT2D eigenvalue weighted by Crippen LogP contribution is 2.23. The number of benzene rings is 1. The number of carboxylic acid groups (broad SMARTS) is 1. The lowest BCUT2D eigenvalue weighted by atomic mass is 10.1. The smallest absolute Gasteiger partial charge is 0.235 e. The fourth-order valence-corrected chi connectivity index (χ4v) is 2.40. The number of hydrogen-bond acceptors (Lipinski definition) is 5. The summed E-state index contributed by atoms with van der Waals surface area (Å²) in [5, 5.41) is 17.9. The van der Waals surface area contributed by atoms with Gasteiger partial charge >= 0.3 is 0 Å². The predicted molar refractivity (Wildman–Crippen MR) is 84.6 cm³/mol. The van der Waals surface area contributed by atoms with Crippen molar-refractivity contribution in [2.45, 2.75) is 0 Å². The Morgan fingerprint density at radius 3 is 2.64 bits per heavy atom. The van der Waals surface area contributed by atoms with Crippen LogP contribution in [0.5, 0.6) is 0 Å². The van der Waals surface area contributed by atoms with Gasteiger partial charge in [-0.2, -0.15) is 5.10 Å². The lowest BCUT2D eigenvalue weighted by Crippen LogP contribution is -2.25. The highest BCUT2D eigenvalue weighted by Gasteiger charge is 2.10. The van der Waals surface area contributed by atoms with E-state index in [4.69, 9.17) is 11.6 Å². The van der Waals surface area contributed by atoms with Crippen LogP contribution in [0.4, 0.5) is 5.82 Å². The lowest BCUT2D eigenvalue weighted by Gasteiger charge is -2.05. The van der Waals surface area contributed by atoms with Crippen molar-refractivity contribution >= 4 is 41.1 Å². The topological polar surface area (TPSA) is 87.0 Å². The van der Waals surface area contributed by atoms with E-state index in [1.165, 1.54) is 0 Å². The average molecular weight is 339 g/mol. The van der Waals surface area contributed by atoms with Crippen LogP contribution in [0.1, 0.15) is 0 Å². The van der Waals surface area contributed by atoms with Gasteiger partial charge in [0.15, 0.2) is 0 Å². The SMILES string of the molecule is Cn1nc(-c2ccc(Cl)cc2)cc1NC(=O)CSCC(=O)[O-]. The number of carboxylic acids is 1. The Kier molecular flexibility index (Phi) is 5.46. The van der Waals surface area contributed by atoms with Crippen LogP contribution in [0.2, 0.25) is 5.02 Å². The molecule has 1 N–H and O–H groups in total. The summed E-state index contributed by atoms with van der Waals surface area (Å²) in [4.78, 5) is 22.0. The fourth-order valence-electron chi connectivity index (χ4n) is 1.75. The maximum atomic E-state index is 11.7. The van der Waals surface area contributed by atoms with Gasteiger partial charge in [-0.05, 0) is 12.1 Å². The van der Waals surface area contributed by atoms with Gasteiger partial charge in [-0.25, -0.2) is 0 Å². The molecule has 1 aromatic carbocycles. The van der Waals surface area contributed by atoms with Gasteiger partial charge in [-0.15, -0.1) is 11.8 Å². The zero-order chi connectivity index (χ0) is 16.1. The van der Waals surface area contributed by atoms with Crippen LogP contribution >= 0.6 is 23.4 Å². The van der Waals surface area contributed by atoms with Crippen molar-refractivity contribution in [1.29, 1.82) is 0 Å². The zero-order valence-electron chi connectivity index (χ0n) is 11.7. The number of nitrogens with one attached hydrogen (secondary N) is 1. The standard InChI is InChI=1S/C14H14ClN3O3S/c1-18-12(16-13(19)7-22-8-14(20)21)6-11(17-18)9-2-4-10(15)5-3-9/h2-6H,7-8H2,1H3,(H,16,19)(H,20,21)/p-1. The van der Waals surface area contributed by atoms with E-state index in [0.717, 1.165) is 17.3 Å². The van der Waals surface area contributed by atoms with Crippen molar-refractivity contribution in [2.24, 2.45) is 7.05 Å². The molecule has 0 aliphatic rings. The Labute approximate surface area is 136 Å². The van der Waals surface area contributed by atoms with Crippen LogP contribution in [0.25, 0.3) is 11.3 Å². The molecule has 1 aromatic heterocycles. The molecule has 0 bridgehead atoms.